The first kappa shape index (κ1) is 13.5. The van der Waals surface area contributed by atoms with Gasteiger partial charge in [-0.05, 0) is 52.2 Å². The minimum Gasteiger partial charge on any atom is -0.454 e. The van der Waals surface area contributed by atoms with Gasteiger partial charge in [0.1, 0.15) is 0 Å². The molecule has 1 aromatic heterocycles. The number of benzene rings is 1. The Kier molecular flexibility index (Phi) is 3.00. The van der Waals surface area contributed by atoms with Gasteiger partial charge >= 0.3 is 0 Å². The number of furan rings is 1. The molecule has 0 aliphatic carbocycles. The summed E-state index contributed by atoms with van der Waals surface area (Å²) < 4.78 is 16.7. The smallest absolute Gasteiger partial charge is 0.294 e. The Labute approximate surface area is 135 Å². The standard InChI is InChI=1S/C16H12BrNO4/c1-9-11-7-14-13(20-8-21-14)6-10(11)4-5-18(9)16(19)12-2-3-15(17)22-12/h2-3,6-7H,1,4-5,8H2. The van der Waals surface area contributed by atoms with Crippen molar-refractivity contribution in [1.82, 2.24) is 4.90 Å². The number of hydrogen-bond donors (Lipinski definition) is 0. The summed E-state index contributed by atoms with van der Waals surface area (Å²) in [4.78, 5) is 14.2. The summed E-state index contributed by atoms with van der Waals surface area (Å²) in [5.74, 6) is 1.53. The first-order valence-electron chi connectivity index (χ1n) is 6.82. The van der Waals surface area contributed by atoms with Gasteiger partial charge in [0.15, 0.2) is 21.9 Å². The van der Waals surface area contributed by atoms with Crippen molar-refractivity contribution in [3.8, 4) is 11.5 Å². The minimum atomic E-state index is -0.195. The zero-order valence-corrected chi connectivity index (χ0v) is 13.2. The van der Waals surface area contributed by atoms with Crippen molar-refractivity contribution in [2.75, 3.05) is 13.3 Å². The molecule has 2 aliphatic heterocycles. The first-order valence-corrected chi connectivity index (χ1v) is 7.62. The average Bonchev–Trinajstić information content (AvgIpc) is 3.13. The lowest BCUT2D eigenvalue weighted by Crippen LogP contribution is -2.34. The van der Waals surface area contributed by atoms with Crippen molar-refractivity contribution in [2.24, 2.45) is 0 Å². The van der Waals surface area contributed by atoms with Gasteiger partial charge in [-0.3, -0.25) is 4.79 Å². The Bertz CT molecular complexity index is 795. The van der Waals surface area contributed by atoms with E-state index in [4.69, 9.17) is 13.9 Å². The van der Waals surface area contributed by atoms with Crippen molar-refractivity contribution in [2.45, 2.75) is 6.42 Å². The van der Waals surface area contributed by atoms with E-state index in [2.05, 4.69) is 22.5 Å². The second-order valence-electron chi connectivity index (χ2n) is 5.12. The monoisotopic (exact) mass is 361 g/mol. The van der Waals surface area contributed by atoms with Crippen LogP contribution in [0.5, 0.6) is 11.5 Å². The molecule has 1 amide bonds. The largest absolute Gasteiger partial charge is 0.454 e. The van der Waals surface area contributed by atoms with Gasteiger partial charge < -0.3 is 18.8 Å². The summed E-state index contributed by atoms with van der Waals surface area (Å²) in [6.07, 6.45) is 0.735. The van der Waals surface area contributed by atoms with Crippen LogP contribution in [0.3, 0.4) is 0 Å². The van der Waals surface area contributed by atoms with Crippen LogP contribution in [0.2, 0.25) is 0 Å². The number of carbonyl (C=O) groups is 1. The zero-order valence-electron chi connectivity index (χ0n) is 11.6. The first-order chi connectivity index (χ1) is 10.6. The normalized spacial score (nSPS) is 15.9. The van der Waals surface area contributed by atoms with Crippen LogP contribution >= 0.6 is 15.9 Å². The fourth-order valence-electron chi connectivity index (χ4n) is 2.76. The quantitative estimate of drug-likeness (QED) is 0.780. The number of amides is 1. The van der Waals surface area contributed by atoms with E-state index in [9.17, 15) is 4.79 Å². The van der Waals surface area contributed by atoms with E-state index in [1.807, 2.05) is 12.1 Å². The van der Waals surface area contributed by atoms with E-state index >= 15 is 0 Å². The van der Waals surface area contributed by atoms with Crippen LogP contribution in [0.4, 0.5) is 0 Å². The summed E-state index contributed by atoms with van der Waals surface area (Å²) in [6, 6.07) is 7.20. The highest BCUT2D eigenvalue weighted by molar-refractivity contribution is 9.10. The summed E-state index contributed by atoms with van der Waals surface area (Å²) >= 11 is 3.21. The van der Waals surface area contributed by atoms with Crippen LogP contribution < -0.4 is 9.47 Å². The maximum absolute atomic E-state index is 12.6. The van der Waals surface area contributed by atoms with Crippen molar-refractivity contribution in [3.05, 3.63) is 52.4 Å². The minimum absolute atomic E-state index is 0.195. The van der Waals surface area contributed by atoms with Crippen LogP contribution in [0, 0.1) is 0 Å². The van der Waals surface area contributed by atoms with Crippen LogP contribution in [0.25, 0.3) is 5.70 Å². The van der Waals surface area contributed by atoms with E-state index in [1.165, 1.54) is 0 Å². The van der Waals surface area contributed by atoms with Gasteiger partial charge in [0.25, 0.3) is 5.91 Å². The highest BCUT2D eigenvalue weighted by atomic mass is 79.9. The molecule has 0 fully saturated rings. The van der Waals surface area contributed by atoms with Gasteiger partial charge in [-0.25, -0.2) is 0 Å². The molecule has 0 unspecified atom stereocenters. The van der Waals surface area contributed by atoms with Gasteiger partial charge in [0.05, 0.1) is 0 Å². The lowest BCUT2D eigenvalue weighted by molar-refractivity contribution is 0.0801. The lowest BCUT2D eigenvalue weighted by atomic mass is 9.96. The summed E-state index contributed by atoms with van der Waals surface area (Å²) in [5.41, 5.74) is 2.67. The molecule has 0 saturated carbocycles. The highest BCUT2D eigenvalue weighted by Crippen LogP contribution is 2.40. The fraction of sp³-hybridized carbons (Fsp3) is 0.188. The van der Waals surface area contributed by atoms with E-state index < -0.39 is 0 Å². The molecule has 112 valence electrons. The number of nitrogens with zero attached hydrogens (tertiary/aromatic N) is 1. The number of carbonyl (C=O) groups excluding carboxylic acids is 1. The molecule has 0 saturated heterocycles. The van der Waals surface area contributed by atoms with E-state index in [-0.39, 0.29) is 18.5 Å². The second-order valence-corrected chi connectivity index (χ2v) is 5.90. The average molecular weight is 362 g/mol. The molecule has 2 aromatic rings. The van der Waals surface area contributed by atoms with Gasteiger partial charge in [0.2, 0.25) is 6.79 Å². The molecule has 0 N–H and O–H groups in total. The van der Waals surface area contributed by atoms with Gasteiger partial charge in [0, 0.05) is 17.8 Å². The molecule has 3 heterocycles. The Morgan fingerprint density at radius 1 is 1.23 bits per heavy atom. The molecule has 1 aromatic carbocycles. The summed E-state index contributed by atoms with van der Waals surface area (Å²) in [6.45, 7) is 4.86. The van der Waals surface area contributed by atoms with Gasteiger partial charge in [-0.15, -0.1) is 0 Å². The maximum Gasteiger partial charge on any atom is 0.294 e. The number of hydrogen-bond acceptors (Lipinski definition) is 4. The number of fused-ring (bicyclic) bond motifs is 2. The Balaban J connectivity index is 1.68. The molecule has 22 heavy (non-hydrogen) atoms. The van der Waals surface area contributed by atoms with Crippen molar-refractivity contribution in [3.63, 3.8) is 0 Å². The Hall–Kier alpha value is -2.21. The lowest BCUT2D eigenvalue weighted by Gasteiger charge is -2.30. The molecule has 0 atom stereocenters. The van der Waals surface area contributed by atoms with Gasteiger partial charge in [-0.1, -0.05) is 6.58 Å². The Morgan fingerprint density at radius 2 is 2.00 bits per heavy atom. The van der Waals surface area contributed by atoms with Crippen LogP contribution in [0.15, 0.2) is 39.9 Å². The fourth-order valence-corrected chi connectivity index (χ4v) is 3.07. The van der Waals surface area contributed by atoms with Crippen LogP contribution in [-0.4, -0.2) is 24.1 Å². The molecule has 4 rings (SSSR count). The third kappa shape index (κ3) is 2.02. The van der Waals surface area contributed by atoms with E-state index in [0.29, 0.717) is 22.7 Å². The van der Waals surface area contributed by atoms with Crippen LogP contribution in [0.1, 0.15) is 21.7 Å². The van der Waals surface area contributed by atoms with Crippen molar-refractivity contribution in [1.29, 1.82) is 0 Å². The molecule has 0 bridgehead atoms. The SMILES string of the molecule is C=C1c2cc3c(cc2CCN1C(=O)c1ccc(Br)o1)OCO3. The molecular weight excluding hydrogens is 350 g/mol. The third-order valence-electron chi connectivity index (χ3n) is 3.87. The molecule has 6 heteroatoms. The summed E-state index contributed by atoms with van der Waals surface area (Å²) in [7, 11) is 0. The number of rotatable bonds is 1. The van der Waals surface area contributed by atoms with E-state index in [1.54, 1.807) is 17.0 Å². The van der Waals surface area contributed by atoms with Gasteiger partial charge in [-0.2, -0.15) is 0 Å². The zero-order chi connectivity index (χ0) is 15.3. The molecular formula is C16H12BrNO4. The van der Waals surface area contributed by atoms with Crippen molar-refractivity contribution < 1.29 is 18.7 Å². The molecule has 0 spiro atoms. The molecule has 0 radical (unpaired) electrons. The number of halogens is 1. The number of ether oxygens (including phenoxy) is 2. The molecule has 2 aliphatic rings. The predicted octanol–water partition coefficient (Wildman–Crippen LogP) is 3.44. The highest BCUT2D eigenvalue weighted by Gasteiger charge is 2.29. The predicted molar refractivity (Wildman–Crippen MR) is 82.7 cm³/mol. The summed E-state index contributed by atoms with van der Waals surface area (Å²) in [5, 5.41) is 0. The van der Waals surface area contributed by atoms with Crippen LogP contribution in [-0.2, 0) is 6.42 Å². The topological polar surface area (TPSA) is 51.9 Å². The van der Waals surface area contributed by atoms with Crippen molar-refractivity contribution >= 4 is 27.5 Å². The second kappa shape index (κ2) is 4.91. The van der Waals surface area contributed by atoms with E-state index in [0.717, 1.165) is 23.3 Å². The third-order valence-corrected chi connectivity index (χ3v) is 4.30. The Morgan fingerprint density at radius 3 is 2.73 bits per heavy atom. The molecule has 5 nitrogen and oxygen atoms in total. The maximum atomic E-state index is 12.6.